The van der Waals surface area contributed by atoms with Crippen LogP contribution < -0.4 is 10.2 Å². The fourth-order valence-corrected chi connectivity index (χ4v) is 4.21. The van der Waals surface area contributed by atoms with Crippen molar-refractivity contribution in [3.05, 3.63) is 47.4 Å². The van der Waals surface area contributed by atoms with Gasteiger partial charge in [0, 0.05) is 38.4 Å². The van der Waals surface area contributed by atoms with Gasteiger partial charge in [0.2, 0.25) is 11.2 Å². The SMILES string of the molecule is O=C(CCc1cccnc1)NCC[C@@H]1[C@H]2CN(c3nc(Cl)ncc3F)C[C@@H]12. The summed E-state index contributed by atoms with van der Waals surface area (Å²) < 4.78 is 13.9. The maximum atomic E-state index is 13.9. The first-order valence-corrected chi connectivity index (χ1v) is 9.58. The highest BCUT2D eigenvalue weighted by molar-refractivity contribution is 6.28. The molecule has 142 valence electrons. The van der Waals surface area contributed by atoms with Crippen LogP contribution in [0.4, 0.5) is 10.2 Å². The molecule has 3 heterocycles. The van der Waals surface area contributed by atoms with E-state index in [-0.39, 0.29) is 11.2 Å². The second-order valence-corrected chi connectivity index (χ2v) is 7.55. The topological polar surface area (TPSA) is 71.0 Å². The van der Waals surface area contributed by atoms with Gasteiger partial charge in [0.25, 0.3) is 0 Å². The number of pyridine rings is 1. The lowest BCUT2D eigenvalue weighted by molar-refractivity contribution is -0.121. The van der Waals surface area contributed by atoms with Crippen molar-refractivity contribution in [2.45, 2.75) is 19.3 Å². The maximum absolute atomic E-state index is 13.9. The molecule has 2 aromatic rings. The number of amides is 1. The van der Waals surface area contributed by atoms with Crippen LogP contribution in [-0.4, -0.2) is 40.5 Å². The van der Waals surface area contributed by atoms with Crippen LogP contribution in [0.5, 0.6) is 0 Å². The van der Waals surface area contributed by atoms with Crippen LogP contribution >= 0.6 is 11.6 Å². The van der Waals surface area contributed by atoms with Crippen LogP contribution in [0.15, 0.2) is 30.7 Å². The number of hydrogen-bond acceptors (Lipinski definition) is 5. The molecule has 1 aliphatic carbocycles. The Kier molecular flexibility index (Phi) is 5.20. The molecule has 2 aromatic heterocycles. The molecular weight excluding hydrogens is 369 g/mol. The van der Waals surface area contributed by atoms with Gasteiger partial charge in [-0.3, -0.25) is 9.78 Å². The number of halogens is 2. The monoisotopic (exact) mass is 389 g/mol. The molecule has 0 radical (unpaired) electrons. The summed E-state index contributed by atoms with van der Waals surface area (Å²) in [6.07, 6.45) is 6.78. The first kappa shape index (κ1) is 18.1. The normalized spacial score (nSPS) is 23.2. The molecule has 1 saturated heterocycles. The zero-order valence-corrected chi connectivity index (χ0v) is 15.6. The summed E-state index contributed by atoms with van der Waals surface area (Å²) in [5.74, 6) is 1.63. The lowest BCUT2D eigenvalue weighted by atomic mass is 10.1. The Bertz CT molecular complexity index is 809. The van der Waals surface area contributed by atoms with E-state index >= 15 is 0 Å². The minimum atomic E-state index is -0.432. The summed E-state index contributed by atoms with van der Waals surface area (Å²) in [6.45, 7) is 2.26. The lowest BCUT2D eigenvalue weighted by Gasteiger charge is -2.21. The van der Waals surface area contributed by atoms with E-state index in [2.05, 4.69) is 20.3 Å². The van der Waals surface area contributed by atoms with Crippen molar-refractivity contribution in [3.8, 4) is 0 Å². The van der Waals surface area contributed by atoms with Crippen LogP contribution in [0.3, 0.4) is 0 Å². The summed E-state index contributed by atoms with van der Waals surface area (Å²) >= 11 is 5.78. The molecule has 0 bridgehead atoms. The van der Waals surface area contributed by atoms with Crippen LogP contribution in [-0.2, 0) is 11.2 Å². The molecule has 4 rings (SSSR count). The second kappa shape index (κ2) is 7.76. The Morgan fingerprint density at radius 2 is 2.15 bits per heavy atom. The summed E-state index contributed by atoms with van der Waals surface area (Å²) in [5.41, 5.74) is 1.07. The number of nitrogens with zero attached hydrogens (tertiary/aromatic N) is 4. The number of rotatable bonds is 7. The van der Waals surface area contributed by atoms with E-state index < -0.39 is 5.82 Å². The highest BCUT2D eigenvalue weighted by atomic mass is 35.5. The Morgan fingerprint density at radius 3 is 2.89 bits per heavy atom. The molecule has 8 heteroatoms. The van der Waals surface area contributed by atoms with E-state index in [4.69, 9.17) is 11.6 Å². The largest absolute Gasteiger partial charge is 0.356 e. The van der Waals surface area contributed by atoms with Crippen molar-refractivity contribution in [1.29, 1.82) is 0 Å². The van der Waals surface area contributed by atoms with Gasteiger partial charge < -0.3 is 10.2 Å². The zero-order chi connectivity index (χ0) is 18.8. The molecule has 0 aromatic carbocycles. The molecule has 1 N–H and O–H groups in total. The predicted molar refractivity (Wildman–Crippen MR) is 99.9 cm³/mol. The third-order valence-corrected chi connectivity index (χ3v) is 5.71. The molecule has 0 spiro atoms. The van der Waals surface area contributed by atoms with Crippen molar-refractivity contribution in [2.75, 3.05) is 24.5 Å². The Balaban J connectivity index is 1.16. The molecule has 27 heavy (non-hydrogen) atoms. The average molecular weight is 390 g/mol. The molecule has 3 atom stereocenters. The fraction of sp³-hybridized carbons (Fsp3) is 0.474. The second-order valence-electron chi connectivity index (χ2n) is 7.21. The minimum Gasteiger partial charge on any atom is -0.356 e. The maximum Gasteiger partial charge on any atom is 0.224 e. The third kappa shape index (κ3) is 4.18. The van der Waals surface area contributed by atoms with Crippen LogP contribution in [0, 0.1) is 23.6 Å². The van der Waals surface area contributed by atoms with Gasteiger partial charge in [0.05, 0.1) is 6.20 Å². The number of aryl methyl sites for hydroxylation is 1. The predicted octanol–water partition coefficient (Wildman–Crippen LogP) is 2.49. The van der Waals surface area contributed by atoms with Gasteiger partial charge in [0.1, 0.15) is 0 Å². The van der Waals surface area contributed by atoms with Crippen molar-refractivity contribution in [1.82, 2.24) is 20.3 Å². The number of fused-ring (bicyclic) bond motifs is 1. The Labute approximate surface area is 162 Å². The number of hydrogen-bond donors (Lipinski definition) is 1. The molecule has 2 aliphatic rings. The smallest absolute Gasteiger partial charge is 0.224 e. The van der Waals surface area contributed by atoms with Gasteiger partial charge >= 0.3 is 0 Å². The van der Waals surface area contributed by atoms with Gasteiger partial charge in [0.15, 0.2) is 11.6 Å². The van der Waals surface area contributed by atoms with Gasteiger partial charge in [-0.15, -0.1) is 0 Å². The average Bonchev–Trinajstić information content (AvgIpc) is 3.12. The van der Waals surface area contributed by atoms with E-state index in [1.807, 2.05) is 17.0 Å². The van der Waals surface area contributed by atoms with Gasteiger partial charge in [-0.05, 0) is 53.8 Å². The van der Waals surface area contributed by atoms with Crippen molar-refractivity contribution in [2.24, 2.45) is 17.8 Å². The molecule has 2 fully saturated rings. The number of aromatic nitrogens is 3. The van der Waals surface area contributed by atoms with Crippen molar-refractivity contribution in [3.63, 3.8) is 0 Å². The van der Waals surface area contributed by atoms with Crippen LogP contribution in [0.2, 0.25) is 5.28 Å². The third-order valence-electron chi connectivity index (χ3n) is 5.53. The molecular formula is C19H21ClFN5O. The van der Waals surface area contributed by atoms with Crippen molar-refractivity contribution >= 4 is 23.3 Å². The Morgan fingerprint density at radius 1 is 1.33 bits per heavy atom. The zero-order valence-electron chi connectivity index (χ0n) is 14.8. The lowest BCUT2D eigenvalue weighted by Crippen LogP contribution is -2.28. The van der Waals surface area contributed by atoms with Crippen LogP contribution in [0.1, 0.15) is 18.4 Å². The standard InChI is InChI=1S/C19H21ClFN5O/c20-19-24-9-16(21)18(25-19)26-10-14-13(15(14)11-26)5-7-23-17(27)4-3-12-2-1-6-22-8-12/h1-2,6,8-9,13-15H,3-5,7,10-11H2,(H,23,27)/t13-,14-,15+. The number of carbonyl (C=O) groups excluding carboxylic acids is 1. The van der Waals surface area contributed by atoms with E-state index in [0.29, 0.717) is 43.0 Å². The summed E-state index contributed by atoms with van der Waals surface area (Å²) in [4.78, 5) is 25.6. The number of carbonyl (C=O) groups is 1. The van der Waals surface area contributed by atoms with Gasteiger partial charge in [-0.1, -0.05) is 6.07 Å². The van der Waals surface area contributed by atoms with Crippen molar-refractivity contribution < 1.29 is 9.18 Å². The molecule has 1 aliphatic heterocycles. The summed E-state index contributed by atoms with van der Waals surface area (Å²) in [7, 11) is 0. The van der Waals surface area contributed by atoms with Crippen LogP contribution in [0.25, 0.3) is 0 Å². The highest BCUT2D eigenvalue weighted by Crippen LogP contribution is 2.54. The molecule has 1 amide bonds. The number of anilines is 1. The van der Waals surface area contributed by atoms with E-state index in [0.717, 1.165) is 31.3 Å². The van der Waals surface area contributed by atoms with Gasteiger partial charge in [-0.2, -0.15) is 4.98 Å². The first-order chi connectivity index (χ1) is 13.1. The Hall–Kier alpha value is -2.28. The quantitative estimate of drug-likeness (QED) is 0.737. The molecule has 0 unspecified atom stereocenters. The first-order valence-electron chi connectivity index (χ1n) is 9.20. The van der Waals surface area contributed by atoms with E-state index in [1.54, 1.807) is 12.4 Å². The minimum absolute atomic E-state index is 0.0671. The van der Waals surface area contributed by atoms with Gasteiger partial charge in [-0.25, -0.2) is 9.37 Å². The fourth-order valence-electron chi connectivity index (χ4n) is 4.08. The summed E-state index contributed by atoms with van der Waals surface area (Å²) in [5, 5.41) is 3.07. The van der Waals surface area contributed by atoms with E-state index in [1.165, 1.54) is 0 Å². The molecule has 6 nitrogen and oxygen atoms in total. The summed E-state index contributed by atoms with van der Waals surface area (Å²) in [6, 6.07) is 3.86. The number of nitrogens with one attached hydrogen (secondary N) is 1. The highest BCUT2D eigenvalue weighted by Gasteiger charge is 2.55. The van der Waals surface area contributed by atoms with E-state index in [9.17, 15) is 9.18 Å². The molecule has 1 saturated carbocycles. The number of piperidine rings is 1.